The largest absolute Gasteiger partial charge is 0.489 e. The number of phosphoric ester groups is 1. The predicted octanol–water partition coefficient (Wildman–Crippen LogP) is 3.85. The Morgan fingerprint density at radius 3 is 2.39 bits per heavy atom. The molecule has 18 nitrogen and oxygen atoms in total. The molecular formula is C48H55N4O14P. The fraction of sp³-hybridized carbons (Fsp3) is 0.458. The summed E-state index contributed by atoms with van der Waals surface area (Å²) in [6.45, 7) is 9.74. The van der Waals surface area contributed by atoms with Gasteiger partial charge in [-0.3, -0.25) is 38.2 Å². The van der Waals surface area contributed by atoms with Crippen LogP contribution in [0.5, 0.6) is 5.75 Å². The Morgan fingerprint density at radius 2 is 1.69 bits per heavy atom. The van der Waals surface area contributed by atoms with Crippen LogP contribution in [0.3, 0.4) is 0 Å². The highest BCUT2D eigenvalue weighted by molar-refractivity contribution is 7.46. The van der Waals surface area contributed by atoms with Crippen LogP contribution in [0.25, 0.3) is 0 Å². The third-order valence-electron chi connectivity index (χ3n) is 14.6. The number of phosphoric acid groups is 1. The minimum atomic E-state index is -5.02. The number of allylic oxidation sites excluding steroid dienone is 5. The lowest BCUT2D eigenvalue weighted by Crippen LogP contribution is -2.63. The van der Waals surface area contributed by atoms with Crippen LogP contribution in [0.2, 0.25) is 0 Å². The molecule has 6 aliphatic rings. The number of aliphatic hydroxyl groups is 1. The number of fused-ring (bicyclic) bond motifs is 7. The number of carbonyl (C=O) groups is 6. The maximum Gasteiger partial charge on any atom is 0.470 e. The molecule has 2 aromatic rings. The predicted molar refractivity (Wildman–Crippen MR) is 239 cm³/mol. The molecule has 0 radical (unpaired) electrons. The van der Waals surface area contributed by atoms with Gasteiger partial charge < -0.3 is 45.1 Å². The molecule has 356 valence electrons. The lowest BCUT2D eigenvalue weighted by atomic mass is 9.46. The first kappa shape index (κ1) is 47.9. The Labute approximate surface area is 387 Å². The molecular weight excluding hydrogens is 888 g/mol. The van der Waals surface area contributed by atoms with Gasteiger partial charge in [-0.15, -0.1) is 0 Å². The Hall–Kier alpha value is -5.59. The summed E-state index contributed by atoms with van der Waals surface area (Å²) in [5, 5.41) is 19.7. The van der Waals surface area contributed by atoms with E-state index in [1.54, 1.807) is 36.4 Å². The summed E-state index contributed by atoms with van der Waals surface area (Å²) in [5.41, 5.74) is 0.852. The minimum Gasteiger partial charge on any atom is -0.489 e. The van der Waals surface area contributed by atoms with Crippen molar-refractivity contribution in [2.75, 3.05) is 18.5 Å². The van der Waals surface area contributed by atoms with Gasteiger partial charge in [-0.2, -0.15) is 0 Å². The Balaban J connectivity index is 0.888. The van der Waals surface area contributed by atoms with Gasteiger partial charge in [0.25, 0.3) is 11.8 Å². The van der Waals surface area contributed by atoms with Crippen molar-refractivity contribution < 1.29 is 67.0 Å². The number of imide groups is 1. The number of anilines is 1. The van der Waals surface area contributed by atoms with Crippen LogP contribution in [-0.2, 0) is 53.9 Å². The molecule has 2 heterocycles. The molecule has 2 aromatic carbocycles. The molecule has 3 saturated carbocycles. The molecule has 67 heavy (non-hydrogen) atoms. The fourth-order valence-electron chi connectivity index (χ4n) is 11.4. The molecule has 19 heteroatoms. The van der Waals surface area contributed by atoms with E-state index in [4.69, 9.17) is 18.7 Å². The van der Waals surface area contributed by atoms with Gasteiger partial charge in [-0.1, -0.05) is 74.6 Å². The maximum atomic E-state index is 14.4. The standard InChI is InChI=1S/C48H55N4O14P/c1-26-17-18-46(4)31(19-26)13-14-34-35-21-38-48(37(54)25-64-67(60,61)62,47(35,5)22-36(53)42(34)46)66-45(65-38)30-11-9-29(10-12-30)24-63-33-8-6-7-32(20-33)51-44(59)28(3)50-43(58)27(2)49-39(55)23-52-40(56)15-16-41(52)57/h6-12,15-20,27-28,34-36,38,42,45,53H,1,13-14,21-25H2,2-5H3,(H,49,55)(H,50,58)(H,51,59)(H2,60,61,62)/t27-,28-,34-,35-,36-,38+,42+,45+,46-,47-,48+/m0/s1. The summed E-state index contributed by atoms with van der Waals surface area (Å²) in [7, 11) is -5.02. The van der Waals surface area contributed by atoms with Crippen molar-refractivity contribution in [1.29, 1.82) is 0 Å². The highest BCUT2D eigenvalue weighted by Gasteiger charge is 2.76. The number of aliphatic hydroxyl groups excluding tert-OH is 1. The number of nitrogens with one attached hydrogen (secondary N) is 3. The average Bonchev–Trinajstić information content (AvgIpc) is 3.90. The van der Waals surface area contributed by atoms with Crippen molar-refractivity contribution in [2.45, 2.75) is 96.2 Å². The Bertz CT molecular complexity index is 2520. The second kappa shape index (κ2) is 18.1. The van der Waals surface area contributed by atoms with E-state index in [0.717, 1.165) is 41.0 Å². The molecule has 0 unspecified atom stereocenters. The number of hydrogen-bond acceptors (Lipinski definition) is 12. The monoisotopic (exact) mass is 942 g/mol. The Morgan fingerprint density at radius 1 is 0.985 bits per heavy atom. The number of ether oxygens (including phenoxy) is 3. The third-order valence-corrected chi connectivity index (χ3v) is 15.1. The smallest absolute Gasteiger partial charge is 0.470 e. The second-order valence-corrected chi connectivity index (χ2v) is 20.0. The Kier molecular flexibility index (Phi) is 13.0. The van der Waals surface area contributed by atoms with Crippen molar-refractivity contribution >= 4 is 48.8 Å². The maximum absolute atomic E-state index is 14.4. The van der Waals surface area contributed by atoms with Gasteiger partial charge in [0.05, 0.1) is 12.2 Å². The second-order valence-electron chi connectivity index (χ2n) is 18.8. The topological polar surface area (TPSA) is 256 Å². The molecule has 4 aliphatic carbocycles. The van der Waals surface area contributed by atoms with Crippen LogP contribution in [0.4, 0.5) is 5.69 Å². The minimum absolute atomic E-state index is 0.00836. The lowest BCUT2D eigenvalue weighted by Gasteiger charge is -2.59. The van der Waals surface area contributed by atoms with Gasteiger partial charge in [-0.05, 0) is 74.6 Å². The number of hydrogen-bond donors (Lipinski definition) is 6. The molecule has 6 N–H and O–H groups in total. The lowest BCUT2D eigenvalue weighted by molar-refractivity contribution is -0.200. The van der Waals surface area contributed by atoms with E-state index >= 15 is 0 Å². The van der Waals surface area contributed by atoms with E-state index in [9.17, 15) is 48.2 Å². The zero-order valence-electron chi connectivity index (χ0n) is 37.5. The molecule has 8 rings (SSSR count). The molecule has 2 aliphatic heterocycles. The molecule has 4 fully saturated rings. The van der Waals surface area contributed by atoms with Crippen LogP contribution in [0.15, 0.2) is 96.6 Å². The number of rotatable bonds is 15. The van der Waals surface area contributed by atoms with Crippen molar-refractivity contribution in [2.24, 2.45) is 28.6 Å². The molecule has 0 bridgehead atoms. The molecule has 5 amide bonds. The zero-order valence-corrected chi connectivity index (χ0v) is 38.4. The molecule has 11 atom stereocenters. The number of benzene rings is 2. The summed E-state index contributed by atoms with van der Waals surface area (Å²) in [4.78, 5) is 95.9. The number of nitrogens with zero attached hydrogens (tertiary/aromatic N) is 1. The van der Waals surface area contributed by atoms with Gasteiger partial charge in [-0.25, -0.2) is 4.57 Å². The SMILES string of the molecule is C=C1C=C[C@@]2(C)C(=C1)CC[C@@H]1[C@@H]2[C@@H](O)C[C@@]2(C)[C@H]1C[C@H]1O[C@@H](c3ccc(COc4cccc(NC(=O)[C@H](C)NC(=O)[C@H](C)NC(=O)CN5C(=O)C=CC5=O)c4)cc3)O[C@]12C(=O)COP(=O)(O)O. The summed E-state index contributed by atoms with van der Waals surface area (Å²) >= 11 is 0. The summed E-state index contributed by atoms with van der Waals surface area (Å²) in [6.07, 6.45) is 7.96. The van der Waals surface area contributed by atoms with Gasteiger partial charge in [0.1, 0.15) is 37.6 Å². The van der Waals surface area contributed by atoms with Crippen LogP contribution in [-0.4, -0.2) is 98.2 Å². The van der Waals surface area contributed by atoms with Crippen LogP contribution >= 0.6 is 7.82 Å². The fourth-order valence-corrected chi connectivity index (χ4v) is 11.7. The number of Topliss-reactive ketones (excluding diaryl/α,β-unsaturated/α-hetero) is 1. The highest BCUT2D eigenvalue weighted by Crippen LogP contribution is 2.70. The average molecular weight is 943 g/mol. The van der Waals surface area contributed by atoms with Crippen molar-refractivity contribution in [3.05, 3.63) is 108 Å². The van der Waals surface area contributed by atoms with E-state index < -0.39 is 103 Å². The molecule has 1 saturated heterocycles. The number of carbonyl (C=O) groups excluding carboxylic acids is 6. The van der Waals surface area contributed by atoms with Gasteiger partial charge in [0, 0.05) is 46.2 Å². The zero-order chi connectivity index (χ0) is 48.2. The van der Waals surface area contributed by atoms with E-state index in [2.05, 4.69) is 41.6 Å². The number of amides is 5. The molecule has 0 spiro atoms. The van der Waals surface area contributed by atoms with Gasteiger partial charge >= 0.3 is 7.82 Å². The third kappa shape index (κ3) is 9.11. The summed E-state index contributed by atoms with van der Waals surface area (Å²) < 4.78 is 36.0. The van der Waals surface area contributed by atoms with Crippen molar-refractivity contribution in [3.63, 3.8) is 0 Å². The van der Waals surface area contributed by atoms with Crippen molar-refractivity contribution in [3.8, 4) is 5.75 Å². The summed E-state index contributed by atoms with van der Waals surface area (Å²) in [5.74, 6) is -3.65. The molecule has 0 aromatic heterocycles. The van der Waals surface area contributed by atoms with Gasteiger partial charge in [0.15, 0.2) is 17.7 Å². The van der Waals surface area contributed by atoms with E-state index in [-0.39, 0.29) is 30.8 Å². The van der Waals surface area contributed by atoms with Gasteiger partial charge in [0.2, 0.25) is 17.7 Å². The highest BCUT2D eigenvalue weighted by atomic mass is 31.2. The van der Waals surface area contributed by atoms with E-state index in [0.29, 0.717) is 23.4 Å². The normalized spacial score (nSPS) is 31.5. The number of ketones is 1. The first-order valence-corrected chi connectivity index (χ1v) is 23.7. The first-order chi connectivity index (χ1) is 31.6. The van der Waals surface area contributed by atoms with Crippen LogP contribution in [0, 0.1) is 28.6 Å². The van der Waals surface area contributed by atoms with Crippen LogP contribution in [0.1, 0.15) is 70.8 Å². The quantitative estimate of drug-likeness (QED) is 0.110. The first-order valence-electron chi connectivity index (χ1n) is 22.2. The van der Waals surface area contributed by atoms with Crippen molar-refractivity contribution in [1.82, 2.24) is 15.5 Å². The van der Waals surface area contributed by atoms with E-state index in [1.807, 2.05) is 25.1 Å². The van der Waals surface area contributed by atoms with Crippen LogP contribution < -0.4 is 20.7 Å². The van der Waals surface area contributed by atoms with E-state index in [1.165, 1.54) is 19.4 Å². The summed E-state index contributed by atoms with van der Waals surface area (Å²) in [6, 6.07) is 11.7.